The van der Waals surface area contributed by atoms with Crippen molar-refractivity contribution in [2.24, 2.45) is 11.7 Å². The quantitative estimate of drug-likeness (QED) is 0.748. The highest BCUT2D eigenvalue weighted by Gasteiger charge is 1.96. The molecule has 2 rings (SSSR count). The molecule has 1 amide bonds. The highest BCUT2D eigenvalue weighted by atomic mass is 32.1. The van der Waals surface area contributed by atoms with Crippen molar-refractivity contribution in [2.75, 3.05) is 0 Å². The van der Waals surface area contributed by atoms with E-state index in [1.807, 2.05) is 5.38 Å². The molecule has 0 aliphatic rings. The number of primary amides is 1. The molecule has 104 valence electrons. The number of phenolic OH excluding ortho intramolecular Hbond substituents is 2. The molecule has 0 radical (unpaired) electrons. The highest BCUT2D eigenvalue weighted by Crippen LogP contribution is 2.14. The van der Waals surface area contributed by atoms with E-state index in [9.17, 15) is 4.79 Å². The van der Waals surface area contributed by atoms with Gasteiger partial charge in [0.2, 0.25) is 5.91 Å². The summed E-state index contributed by atoms with van der Waals surface area (Å²) >= 11 is 1.60. The molecule has 6 heteroatoms. The lowest BCUT2D eigenvalue weighted by Crippen LogP contribution is -2.17. The molecule has 0 aliphatic carbocycles. The lowest BCUT2D eigenvalue weighted by molar-refractivity contribution is -0.120. The number of nitrogens with two attached hydrogens (primary N) is 1. The third-order valence-electron chi connectivity index (χ3n) is 1.75. The van der Waals surface area contributed by atoms with E-state index in [0.29, 0.717) is 0 Å². The number of aromatic nitrogens is 1. The lowest BCUT2D eigenvalue weighted by Gasteiger charge is -1.90. The largest absolute Gasteiger partial charge is 0.508 e. The van der Waals surface area contributed by atoms with Gasteiger partial charge in [0.05, 0.1) is 5.51 Å². The van der Waals surface area contributed by atoms with E-state index in [2.05, 4.69) is 4.98 Å². The monoisotopic (exact) mass is 282 g/mol. The number of phenols is 2. The van der Waals surface area contributed by atoms with Crippen LogP contribution in [0, 0.1) is 5.92 Å². The Morgan fingerprint density at radius 1 is 1.32 bits per heavy atom. The van der Waals surface area contributed by atoms with Crippen LogP contribution in [0.3, 0.4) is 0 Å². The van der Waals surface area contributed by atoms with Crippen LogP contribution in [0.15, 0.2) is 41.4 Å². The Balaban J connectivity index is 0.000000264. The van der Waals surface area contributed by atoms with Crippen LogP contribution >= 0.6 is 11.3 Å². The van der Waals surface area contributed by atoms with Gasteiger partial charge in [-0.25, -0.2) is 0 Å². The number of carbonyl (C=O) groups is 1. The Hall–Kier alpha value is -2.08. The van der Waals surface area contributed by atoms with Gasteiger partial charge >= 0.3 is 0 Å². The first-order valence-corrected chi connectivity index (χ1v) is 6.47. The number of thiazole rings is 1. The van der Waals surface area contributed by atoms with Crippen molar-refractivity contribution in [2.45, 2.75) is 13.8 Å². The molecule has 1 aromatic carbocycles. The van der Waals surface area contributed by atoms with Crippen LogP contribution in [0.4, 0.5) is 0 Å². The Kier molecular flexibility index (Phi) is 8.82. The second-order valence-electron chi connectivity index (χ2n) is 3.75. The smallest absolute Gasteiger partial charge is 0.219 e. The third-order valence-corrected chi connectivity index (χ3v) is 2.27. The summed E-state index contributed by atoms with van der Waals surface area (Å²) in [6.07, 6.45) is 1.77. The summed E-state index contributed by atoms with van der Waals surface area (Å²) in [4.78, 5) is 13.7. The number of hydrogen-bond acceptors (Lipinski definition) is 5. The minimum absolute atomic E-state index is 0.00926. The molecule has 0 saturated heterocycles. The maximum atomic E-state index is 9.92. The van der Waals surface area contributed by atoms with E-state index in [1.54, 1.807) is 43.0 Å². The zero-order valence-corrected chi connectivity index (χ0v) is 11.7. The van der Waals surface area contributed by atoms with Gasteiger partial charge in [0.25, 0.3) is 0 Å². The number of hydrogen-bond donors (Lipinski definition) is 3. The van der Waals surface area contributed by atoms with E-state index in [-0.39, 0.29) is 23.3 Å². The van der Waals surface area contributed by atoms with Crippen LogP contribution in [0.2, 0.25) is 0 Å². The van der Waals surface area contributed by atoms with Crippen LogP contribution in [0.1, 0.15) is 13.8 Å². The molecule has 5 nitrogen and oxygen atoms in total. The van der Waals surface area contributed by atoms with Gasteiger partial charge in [-0.2, -0.15) is 0 Å². The molecule has 1 aromatic heterocycles. The van der Waals surface area contributed by atoms with Crippen molar-refractivity contribution in [3.63, 3.8) is 0 Å². The SMILES string of the molecule is CC(C)C(N)=O.Oc1cccc(O)c1.c1cscn1. The standard InChI is InChI=1S/C6H6O2.C4H9NO.C3H3NS/c7-5-2-1-3-6(8)4-5;1-3(2)4(5)6;1-2-5-3-4-1/h1-4,7-8H;3H,1-2H3,(H2,5,6);1-3H. The number of nitrogens with zero attached hydrogens (tertiary/aromatic N) is 1. The van der Waals surface area contributed by atoms with E-state index < -0.39 is 0 Å². The number of carbonyl (C=O) groups excluding carboxylic acids is 1. The molecule has 19 heavy (non-hydrogen) atoms. The topological polar surface area (TPSA) is 96.4 Å². The highest BCUT2D eigenvalue weighted by molar-refractivity contribution is 7.07. The van der Waals surface area contributed by atoms with Crippen molar-refractivity contribution in [3.8, 4) is 11.5 Å². The van der Waals surface area contributed by atoms with Gasteiger partial charge in [0.1, 0.15) is 11.5 Å². The molecule has 4 N–H and O–H groups in total. The molecule has 0 spiro atoms. The van der Waals surface area contributed by atoms with Crippen molar-refractivity contribution < 1.29 is 15.0 Å². The molecule has 0 atom stereocenters. The number of aromatic hydroxyl groups is 2. The molecule has 0 unspecified atom stereocenters. The molecular formula is C13H18N2O3S. The van der Waals surface area contributed by atoms with Gasteiger partial charge in [-0.3, -0.25) is 9.78 Å². The first-order chi connectivity index (χ1) is 8.93. The number of benzene rings is 1. The average Bonchev–Trinajstić information content (AvgIpc) is 2.87. The zero-order valence-electron chi connectivity index (χ0n) is 10.9. The molecular weight excluding hydrogens is 264 g/mol. The van der Waals surface area contributed by atoms with Crippen LogP contribution in [0.5, 0.6) is 11.5 Å². The Bertz CT molecular complexity index is 424. The van der Waals surface area contributed by atoms with E-state index in [1.165, 1.54) is 18.2 Å². The van der Waals surface area contributed by atoms with Crippen LogP contribution < -0.4 is 5.73 Å². The van der Waals surface area contributed by atoms with Gasteiger partial charge in [-0.1, -0.05) is 19.9 Å². The van der Waals surface area contributed by atoms with Crippen LogP contribution in [0.25, 0.3) is 0 Å². The minimum Gasteiger partial charge on any atom is -0.508 e. The summed E-state index contributed by atoms with van der Waals surface area (Å²) in [5.41, 5.74) is 6.59. The van der Waals surface area contributed by atoms with Crippen molar-refractivity contribution in [3.05, 3.63) is 41.4 Å². The fraction of sp³-hybridized carbons (Fsp3) is 0.231. The molecule has 0 saturated carbocycles. The van der Waals surface area contributed by atoms with Crippen LogP contribution in [-0.4, -0.2) is 21.1 Å². The van der Waals surface area contributed by atoms with Gasteiger partial charge in [0.15, 0.2) is 0 Å². The van der Waals surface area contributed by atoms with E-state index >= 15 is 0 Å². The Labute approximate surface area is 116 Å². The minimum atomic E-state index is -0.241. The summed E-state index contributed by atoms with van der Waals surface area (Å²) in [5.74, 6) is -0.0741. The van der Waals surface area contributed by atoms with Crippen LogP contribution in [-0.2, 0) is 4.79 Å². The molecule has 2 aromatic rings. The summed E-state index contributed by atoms with van der Waals surface area (Å²) in [5, 5.41) is 19.2. The van der Waals surface area contributed by atoms with Gasteiger partial charge in [0, 0.05) is 23.6 Å². The molecule has 0 bridgehead atoms. The molecule has 0 fully saturated rings. The summed E-state index contributed by atoms with van der Waals surface area (Å²) in [6.45, 7) is 3.53. The predicted molar refractivity (Wildman–Crippen MR) is 75.9 cm³/mol. The third kappa shape index (κ3) is 10.8. The Morgan fingerprint density at radius 3 is 2.00 bits per heavy atom. The predicted octanol–water partition coefficient (Wildman–Crippen LogP) is 2.37. The molecule has 0 aliphatic heterocycles. The maximum Gasteiger partial charge on any atom is 0.219 e. The number of amides is 1. The average molecular weight is 282 g/mol. The second-order valence-corrected chi connectivity index (χ2v) is 4.51. The molecule has 1 heterocycles. The first-order valence-electron chi connectivity index (χ1n) is 5.53. The summed E-state index contributed by atoms with van der Waals surface area (Å²) in [6, 6.07) is 5.85. The lowest BCUT2D eigenvalue weighted by atomic mass is 10.2. The van der Waals surface area contributed by atoms with Gasteiger partial charge in [-0.05, 0) is 12.1 Å². The maximum absolute atomic E-state index is 9.92. The normalized spacial score (nSPS) is 8.79. The van der Waals surface area contributed by atoms with Crippen molar-refractivity contribution in [1.82, 2.24) is 4.98 Å². The summed E-state index contributed by atoms with van der Waals surface area (Å²) in [7, 11) is 0. The van der Waals surface area contributed by atoms with E-state index in [0.717, 1.165) is 0 Å². The first kappa shape index (κ1) is 16.9. The van der Waals surface area contributed by atoms with Gasteiger partial charge in [-0.15, -0.1) is 11.3 Å². The second kappa shape index (κ2) is 9.90. The van der Waals surface area contributed by atoms with E-state index in [4.69, 9.17) is 15.9 Å². The summed E-state index contributed by atoms with van der Waals surface area (Å²) < 4.78 is 0. The van der Waals surface area contributed by atoms with Gasteiger partial charge < -0.3 is 15.9 Å². The number of rotatable bonds is 1. The van der Waals surface area contributed by atoms with Crippen molar-refractivity contribution in [1.29, 1.82) is 0 Å². The zero-order chi connectivity index (χ0) is 14.7. The Morgan fingerprint density at radius 2 is 1.84 bits per heavy atom. The van der Waals surface area contributed by atoms with Crippen molar-refractivity contribution >= 4 is 17.2 Å². The fourth-order valence-electron chi connectivity index (χ4n) is 0.669. The fourth-order valence-corrected chi connectivity index (χ4v) is 1.02.